The maximum Gasteiger partial charge on any atom is 0.243 e. The molecule has 3 aromatic rings. The molecule has 1 N–H and O–H groups in total. The third-order valence-corrected chi connectivity index (χ3v) is 6.90. The maximum atomic E-state index is 13.8. The monoisotopic (exact) mass is 564 g/mol. The van der Waals surface area contributed by atoms with Gasteiger partial charge in [0, 0.05) is 30.4 Å². The first-order valence-corrected chi connectivity index (χ1v) is 13.6. The van der Waals surface area contributed by atoms with E-state index in [1.807, 2.05) is 72.8 Å². The number of benzene rings is 3. The number of ether oxygens (including phenoxy) is 2. The van der Waals surface area contributed by atoms with Gasteiger partial charge in [0.15, 0.2) is 11.5 Å². The van der Waals surface area contributed by atoms with Gasteiger partial charge in [0.1, 0.15) is 6.04 Å². The van der Waals surface area contributed by atoms with Gasteiger partial charge in [0.2, 0.25) is 18.6 Å². The van der Waals surface area contributed by atoms with E-state index in [0.717, 1.165) is 39.8 Å². The van der Waals surface area contributed by atoms with Gasteiger partial charge < -0.3 is 19.7 Å². The Labute approximate surface area is 227 Å². The van der Waals surface area contributed by atoms with Crippen LogP contribution in [-0.2, 0) is 29.0 Å². The lowest BCUT2D eigenvalue weighted by molar-refractivity contribution is -0.141. The number of halogens is 1. The highest BCUT2D eigenvalue weighted by Gasteiger charge is 2.30. The summed E-state index contributed by atoms with van der Waals surface area (Å²) in [6, 6.07) is 22.9. The van der Waals surface area contributed by atoms with Gasteiger partial charge in [-0.15, -0.1) is 0 Å². The molecule has 4 rings (SSSR count). The predicted molar refractivity (Wildman–Crippen MR) is 147 cm³/mol. The molecule has 1 unspecified atom stereocenters. The average Bonchev–Trinajstić information content (AvgIpc) is 3.38. The van der Waals surface area contributed by atoms with Crippen molar-refractivity contribution in [1.82, 2.24) is 10.2 Å². The van der Waals surface area contributed by atoms with Crippen LogP contribution in [0, 0.1) is 0 Å². The Bertz CT molecular complexity index is 1200. The van der Waals surface area contributed by atoms with Crippen molar-refractivity contribution in [2.45, 2.75) is 51.6 Å². The van der Waals surface area contributed by atoms with Gasteiger partial charge in [-0.2, -0.15) is 0 Å². The molecule has 194 valence electrons. The molecule has 3 aromatic carbocycles. The van der Waals surface area contributed by atoms with E-state index in [2.05, 4.69) is 28.2 Å². The second-order valence-corrected chi connectivity index (χ2v) is 10.1. The lowest BCUT2D eigenvalue weighted by atomic mass is 10.0. The Balaban J connectivity index is 1.58. The first-order chi connectivity index (χ1) is 18.0. The van der Waals surface area contributed by atoms with Crippen molar-refractivity contribution < 1.29 is 19.1 Å². The summed E-state index contributed by atoms with van der Waals surface area (Å²) >= 11 is 3.53. The lowest BCUT2D eigenvalue weighted by Gasteiger charge is -2.32. The molecule has 0 saturated carbocycles. The number of aryl methyl sites for hydroxylation is 1. The number of nitrogens with zero attached hydrogens (tertiary/aromatic N) is 1. The topological polar surface area (TPSA) is 67.9 Å². The van der Waals surface area contributed by atoms with Crippen LogP contribution >= 0.6 is 15.9 Å². The second kappa shape index (κ2) is 13.3. The molecule has 0 radical (unpaired) electrons. The number of unbranched alkanes of at least 4 members (excludes halogenated alkanes) is 1. The number of amides is 2. The van der Waals surface area contributed by atoms with Crippen LogP contribution in [0.25, 0.3) is 0 Å². The summed E-state index contributed by atoms with van der Waals surface area (Å²) in [6.45, 7) is 3.24. The van der Waals surface area contributed by atoms with Crippen LogP contribution in [0.1, 0.15) is 42.9 Å². The Morgan fingerprint density at radius 3 is 2.51 bits per heavy atom. The summed E-state index contributed by atoms with van der Waals surface area (Å²) in [5.74, 6) is 1.24. The van der Waals surface area contributed by atoms with Crippen molar-refractivity contribution in [3.05, 3.63) is 94.0 Å². The van der Waals surface area contributed by atoms with Gasteiger partial charge in [-0.05, 0) is 53.8 Å². The lowest BCUT2D eigenvalue weighted by Crippen LogP contribution is -2.50. The summed E-state index contributed by atoms with van der Waals surface area (Å²) in [7, 11) is 0. The molecular weight excluding hydrogens is 532 g/mol. The molecule has 0 saturated heterocycles. The van der Waals surface area contributed by atoms with E-state index in [1.54, 1.807) is 4.90 Å². The smallest absolute Gasteiger partial charge is 0.243 e. The van der Waals surface area contributed by atoms with E-state index in [1.165, 1.54) is 0 Å². The minimum absolute atomic E-state index is 0.0655. The fraction of sp³-hybridized carbons (Fsp3) is 0.333. The van der Waals surface area contributed by atoms with Crippen LogP contribution in [-0.4, -0.2) is 36.1 Å². The molecule has 1 atom stereocenters. The van der Waals surface area contributed by atoms with Crippen LogP contribution in [0.2, 0.25) is 0 Å². The molecule has 0 spiro atoms. The fourth-order valence-electron chi connectivity index (χ4n) is 4.38. The Hall–Kier alpha value is -3.32. The number of fused-ring (bicyclic) bond motifs is 1. The minimum atomic E-state index is -0.623. The molecule has 2 amide bonds. The third kappa shape index (κ3) is 7.59. The van der Waals surface area contributed by atoms with Crippen molar-refractivity contribution in [1.29, 1.82) is 0 Å². The van der Waals surface area contributed by atoms with Gasteiger partial charge >= 0.3 is 0 Å². The molecule has 0 bridgehead atoms. The quantitative estimate of drug-likeness (QED) is 0.288. The highest BCUT2D eigenvalue weighted by atomic mass is 79.9. The normalized spacial score (nSPS) is 12.7. The molecule has 6 nitrogen and oxygen atoms in total. The van der Waals surface area contributed by atoms with Gasteiger partial charge in [0.05, 0.1) is 0 Å². The van der Waals surface area contributed by atoms with E-state index in [9.17, 15) is 9.59 Å². The third-order valence-electron chi connectivity index (χ3n) is 6.41. The van der Waals surface area contributed by atoms with E-state index < -0.39 is 6.04 Å². The standard InChI is InChI=1S/C30H33BrN2O4/c1-2-3-16-32-30(35)26(18-22-8-5-4-6-9-22)33(20-24-10-7-11-25(31)17-24)29(34)15-13-23-12-14-27-28(19-23)37-21-36-27/h4-12,14,17,19,26H,2-3,13,15-16,18,20-21H2,1H3,(H,32,35). The van der Waals surface area contributed by atoms with Crippen molar-refractivity contribution in [3.63, 3.8) is 0 Å². The van der Waals surface area contributed by atoms with Crippen LogP contribution in [0.3, 0.4) is 0 Å². The number of hydrogen-bond acceptors (Lipinski definition) is 4. The zero-order valence-corrected chi connectivity index (χ0v) is 22.7. The Kier molecular flexibility index (Phi) is 9.60. The summed E-state index contributed by atoms with van der Waals surface area (Å²) < 4.78 is 11.8. The number of nitrogens with one attached hydrogen (secondary N) is 1. The summed E-state index contributed by atoms with van der Waals surface area (Å²) in [5, 5.41) is 3.07. The van der Waals surface area contributed by atoms with Crippen molar-refractivity contribution in [3.8, 4) is 11.5 Å². The molecule has 0 fully saturated rings. The predicted octanol–water partition coefficient (Wildman–Crippen LogP) is 5.67. The minimum Gasteiger partial charge on any atom is -0.454 e. The Morgan fingerprint density at radius 1 is 0.946 bits per heavy atom. The van der Waals surface area contributed by atoms with Gasteiger partial charge in [-0.3, -0.25) is 9.59 Å². The first-order valence-electron chi connectivity index (χ1n) is 12.8. The van der Waals surface area contributed by atoms with Gasteiger partial charge in [0.25, 0.3) is 0 Å². The second-order valence-electron chi connectivity index (χ2n) is 9.19. The van der Waals surface area contributed by atoms with Gasteiger partial charge in [-0.25, -0.2) is 0 Å². The summed E-state index contributed by atoms with van der Waals surface area (Å²) in [4.78, 5) is 29.0. The molecule has 7 heteroatoms. The molecule has 37 heavy (non-hydrogen) atoms. The summed E-state index contributed by atoms with van der Waals surface area (Å²) in [5.41, 5.74) is 2.97. The Morgan fingerprint density at radius 2 is 1.73 bits per heavy atom. The van der Waals surface area contributed by atoms with Crippen molar-refractivity contribution in [2.75, 3.05) is 13.3 Å². The molecule has 0 aromatic heterocycles. The first kappa shape index (κ1) is 26.7. The zero-order valence-electron chi connectivity index (χ0n) is 21.1. The highest BCUT2D eigenvalue weighted by Crippen LogP contribution is 2.33. The number of rotatable bonds is 12. The molecular formula is C30H33BrN2O4. The molecule has 1 aliphatic heterocycles. The van der Waals surface area contributed by atoms with Crippen molar-refractivity contribution in [2.24, 2.45) is 0 Å². The van der Waals surface area contributed by atoms with E-state index >= 15 is 0 Å². The largest absolute Gasteiger partial charge is 0.454 e. The van der Waals surface area contributed by atoms with Crippen LogP contribution in [0.5, 0.6) is 11.5 Å². The van der Waals surface area contributed by atoms with E-state index in [4.69, 9.17) is 9.47 Å². The number of hydrogen-bond donors (Lipinski definition) is 1. The van der Waals surface area contributed by atoms with Crippen LogP contribution in [0.4, 0.5) is 0 Å². The summed E-state index contributed by atoms with van der Waals surface area (Å²) in [6.07, 6.45) is 3.15. The van der Waals surface area contributed by atoms with E-state index in [0.29, 0.717) is 31.7 Å². The maximum absolute atomic E-state index is 13.8. The van der Waals surface area contributed by atoms with Gasteiger partial charge in [-0.1, -0.05) is 77.8 Å². The number of carbonyl (C=O) groups excluding carboxylic acids is 2. The van der Waals surface area contributed by atoms with E-state index in [-0.39, 0.29) is 25.0 Å². The highest BCUT2D eigenvalue weighted by molar-refractivity contribution is 9.10. The molecule has 1 heterocycles. The van der Waals surface area contributed by atoms with Crippen molar-refractivity contribution >= 4 is 27.7 Å². The average molecular weight is 566 g/mol. The fourth-order valence-corrected chi connectivity index (χ4v) is 4.83. The van der Waals surface area contributed by atoms with Crippen LogP contribution in [0.15, 0.2) is 77.3 Å². The zero-order chi connectivity index (χ0) is 26.0. The molecule has 0 aliphatic carbocycles. The SMILES string of the molecule is CCCCNC(=O)C(Cc1ccccc1)N(Cc1cccc(Br)c1)C(=O)CCc1ccc2c(c1)OCO2. The van der Waals surface area contributed by atoms with Crippen LogP contribution < -0.4 is 14.8 Å². The molecule has 1 aliphatic rings. The number of carbonyl (C=O) groups is 2.